The number of ether oxygens (including phenoxy) is 1. The Morgan fingerprint density at radius 3 is 2.11 bits per heavy atom. The lowest BCUT2D eigenvalue weighted by Gasteiger charge is -2.48. The Morgan fingerprint density at radius 2 is 1.63 bits per heavy atom. The fourth-order valence-electron chi connectivity index (χ4n) is 4.13. The van der Waals surface area contributed by atoms with Crippen LogP contribution in [0.2, 0.25) is 0 Å². The van der Waals surface area contributed by atoms with E-state index in [2.05, 4.69) is 19.0 Å². The summed E-state index contributed by atoms with van der Waals surface area (Å²) in [4.78, 5) is 14.2. The van der Waals surface area contributed by atoms with Crippen molar-refractivity contribution in [2.75, 3.05) is 20.7 Å². The molecule has 0 atom stereocenters. The first-order chi connectivity index (χ1) is 9.02. The molecule has 110 valence electrons. The zero-order chi connectivity index (χ0) is 13.9. The van der Waals surface area contributed by atoms with Crippen LogP contribution < -0.4 is 0 Å². The van der Waals surface area contributed by atoms with E-state index in [-0.39, 0.29) is 11.5 Å². The van der Waals surface area contributed by atoms with Crippen LogP contribution in [-0.2, 0) is 9.53 Å². The van der Waals surface area contributed by atoms with Gasteiger partial charge in [-0.2, -0.15) is 0 Å². The molecule has 0 radical (unpaired) electrons. The molecule has 2 aliphatic rings. The van der Waals surface area contributed by atoms with Crippen LogP contribution in [-0.4, -0.2) is 37.1 Å². The Morgan fingerprint density at radius 1 is 1.05 bits per heavy atom. The van der Waals surface area contributed by atoms with Crippen LogP contribution in [0.3, 0.4) is 0 Å². The summed E-state index contributed by atoms with van der Waals surface area (Å²) in [6.07, 6.45) is 11.1. The first-order valence-electron chi connectivity index (χ1n) is 7.85. The zero-order valence-electron chi connectivity index (χ0n) is 12.8. The molecule has 0 bridgehead atoms. The van der Waals surface area contributed by atoms with Gasteiger partial charge in [0.1, 0.15) is 0 Å². The van der Waals surface area contributed by atoms with E-state index in [0.717, 1.165) is 12.8 Å². The van der Waals surface area contributed by atoms with Crippen LogP contribution in [0, 0.1) is 5.41 Å². The van der Waals surface area contributed by atoms with Gasteiger partial charge in [-0.1, -0.05) is 12.8 Å². The first-order valence-corrected chi connectivity index (χ1v) is 7.85. The summed E-state index contributed by atoms with van der Waals surface area (Å²) in [5.74, 6) is -0.0291. The van der Waals surface area contributed by atoms with E-state index in [1.54, 1.807) is 0 Å². The summed E-state index contributed by atoms with van der Waals surface area (Å²) < 4.78 is 5.17. The molecule has 0 aromatic rings. The molecular weight excluding hydrogens is 238 g/mol. The van der Waals surface area contributed by atoms with Crippen LogP contribution in [0.4, 0.5) is 0 Å². The van der Waals surface area contributed by atoms with Crippen LogP contribution >= 0.6 is 0 Å². The van der Waals surface area contributed by atoms with E-state index in [1.165, 1.54) is 38.5 Å². The molecule has 0 heterocycles. The Labute approximate surface area is 117 Å². The van der Waals surface area contributed by atoms with Crippen molar-refractivity contribution >= 4 is 5.97 Å². The van der Waals surface area contributed by atoms with Crippen molar-refractivity contribution in [1.29, 1.82) is 0 Å². The van der Waals surface area contributed by atoms with Gasteiger partial charge in [-0.25, -0.2) is 0 Å². The normalized spacial score (nSPS) is 24.8. The van der Waals surface area contributed by atoms with Crippen LogP contribution in [0.5, 0.6) is 0 Å². The van der Waals surface area contributed by atoms with Gasteiger partial charge in [-0.05, 0) is 65.0 Å². The monoisotopic (exact) mass is 267 g/mol. The third kappa shape index (κ3) is 3.13. The van der Waals surface area contributed by atoms with Crippen molar-refractivity contribution in [3.63, 3.8) is 0 Å². The Hall–Kier alpha value is -0.570. The highest BCUT2D eigenvalue weighted by atomic mass is 16.5. The first kappa shape index (κ1) is 14.8. The molecule has 2 rings (SSSR count). The number of esters is 1. The van der Waals surface area contributed by atoms with Crippen molar-refractivity contribution in [3.8, 4) is 0 Å². The van der Waals surface area contributed by atoms with E-state index in [1.807, 2.05) is 6.92 Å². The molecule has 0 aromatic heterocycles. The van der Waals surface area contributed by atoms with E-state index in [9.17, 15) is 4.79 Å². The largest absolute Gasteiger partial charge is 0.466 e. The average Bonchev–Trinajstić information content (AvgIpc) is 2.81. The van der Waals surface area contributed by atoms with Gasteiger partial charge in [0.05, 0.1) is 13.0 Å². The van der Waals surface area contributed by atoms with Crippen molar-refractivity contribution in [1.82, 2.24) is 4.90 Å². The Kier molecular flexibility index (Phi) is 4.54. The smallest absolute Gasteiger partial charge is 0.307 e. The molecule has 0 unspecified atom stereocenters. The maximum absolute atomic E-state index is 11.9. The minimum atomic E-state index is -0.0291. The second kappa shape index (κ2) is 5.82. The average molecular weight is 267 g/mol. The minimum absolute atomic E-state index is 0.0291. The highest BCUT2D eigenvalue weighted by molar-refractivity contribution is 5.71. The standard InChI is InChI=1S/C16H29NO2/c1-4-19-14(18)13-16(17(2)3)11-9-15(10-12-16)7-5-6-8-15/h4-13H2,1-3H3. The molecule has 2 aliphatic carbocycles. The molecule has 2 saturated carbocycles. The fourth-order valence-corrected chi connectivity index (χ4v) is 4.13. The number of carbonyl (C=O) groups is 1. The van der Waals surface area contributed by atoms with E-state index in [4.69, 9.17) is 4.74 Å². The molecule has 2 fully saturated rings. The number of hydrogen-bond acceptors (Lipinski definition) is 3. The van der Waals surface area contributed by atoms with Crippen molar-refractivity contribution < 1.29 is 9.53 Å². The lowest BCUT2D eigenvalue weighted by atomic mass is 9.65. The van der Waals surface area contributed by atoms with Crippen molar-refractivity contribution in [2.45, 2.75) is 70.3 Å². The molecule has 0 N–H and O–H groups in total. The molecule has 3 heteroatoms. The number of nitrogens with zero attached hydrogens (tertiary/aromatic N) is 1. The van der Waals surface area contributed by atoms with Gasteiger partial charge >= 0.3 is 5.97 Å². The lowest BCUT2D eigenvalue weighted by molar-refractivity contribution is -0.147. The van der Waals surface area contributed by atoms with Crippen molar-refractivity contribution in [3.05, 3.63) is 0 Å². The number of rotatable bonds is 4. The minimum Gasteiger partial charge on any atom is -0.466 e. The SMILES string of the molecule is CCOC(=O)CC1(N(C)C)CCC2(CCCC2)CC1. The number of carbonyl (C=O) groups excluding carboxylic acids is 1. The third-order valence-electron chi connectivity index (χ3n) is 5.63. The second-order valence-electron chi connectivity index (χ2n) is 6.81. The highest BCUT2D eigenvalue weighted by Crippen LogP contribution is 2.52. The van der Waals surface area contributed by atoms with E-state index >= 15 is 0 Å². The molecular formula is C16H29NO2. The van der Waals surface area contributed by atoms with Gasteiger partial charge in [-0.15, -0.1) is 0 Å². The lowest BCUT2D eigenvalue weighted by Crippen LogP contribution is -2.50. The van der Waals surface area contributed by atoms with E-state index < -0.39 is 0 Å². The summed E-state index contributed by atoms with van der Waals surface area (Å²) in [5.41, 5.74) is 0.661. The quantitative estimate of drug-likeness (QED) is 0.731. The second-order valence-corrected chi connectivity index (χ2v) is 6.81. The maximum atomic E-state index is 11.9. The van der Waals surface area contributed by atoms with Gasteiger partial charge in [-0.3, -0.25) is 4.79 Å². The van der Waals surface area contributed by atoms with Gasteiger partial charge in [0.15, 0.2) is 0 Å². The van der Waals surface area contributed by atoms with Crippen LogP contribution in [0.25, 0.3) is 0 Å². The molecule has 0 aromatic carbocycles. The Balaban J connectivity index is 2.00. The van der Waals surface area contributed by atoms with Gasteiger partial charge in [0.25, 0.3) is 0 Å². The predicted molar refractivity (Wildman–Crippen MR) is 77.0 cm³/mol. The van der Waals surface area contributed by atoms with Crippen LogP contribution in [0.15, 0.2) is 0 Å². The van der Waals surface area contributed by atoms with Gasteiger partial charge < -0.3 is 9.64 Å². The van der Waals surface area contributed by atoms with Crippen molar-refractivity contribution in [2.24, 2.45) is 5.41 Å². The molecule has 0 aliphatic heterocycles. The molecule has 0 amide bonds. The zero-order valence-corrected chi connectivity index (χ0v) is 12.8. The molecule has 19 heavy (non-hydrogen) atoms. The van der Waals surface area contributed by atoms with Crippen LogP contribution in [0.1, 0.15) is 64.7 Å². The predicted octanol–water partition coefficient (Wildman–Crippen LogP) is 3.37. The molecule has 1 spiro atoms. The van der Waals surface area contributed by atoms with Gasteiger partial charge in [0, 0.05) is 5.54 Å². The summed E-state index contributed by atoms with van der Waals surface area (Å²) >= 11 is 0. The molecule has 0 saturated heterocycles. The summed E-state index contributed by atoms with van der Waals surface area (Å²) in [5, 5.41) is 0. The Bertz CT molecular complexity index is 309. The maximum Gasteiger partial charge on any atom is 0.307 e. The highest BCUT2D eigenvalue weighted by Gasteiger charge is 2.46. The summed E-state index contributed by atoms with van der Waals surface area (Å²) in [6, 6.07) is 0. The summed E-state index contributed by atoms with van der Waals surface area (Å²) in [6.45, 7) is 2.38. The van der Waals surface area contributed by atoms with Gasteiger partial charge in [0.2, 0.25) is 0 Å². The third-order valence-corrected chi connectivity index (χ3v) is 5.63. The van der Waals surface area contributed by atoms with E-state index in [0.29, 0.717) is 18.4 Å². The topological polar surface area (TPSA) is 29.5 Å². The number of hydrogen-bond donors (Lipinski definition) is 0. The molecule has 3 nitrogen and oxygen atoms in total. The fraction of sp³-hybridized carbons (Fsp3) is 0.938. The summed E-state index contributed by atoms with van der Waals surface area (Å²) in [7, 11) is 4.23.